The van der Waals surface area contributed by atoms with Crippen molar-refractivity contribution in [3.05, 3.63) is 29.8 Å². The van der Waals surface area contributed by atoms with E-state index in [2.05, 4.69) is 41.4 Å². The first kappa shape index (κ1) is 12.4. The summed E-state index contributed by atoms with van der Waals surface area (Å²) in [5, 5.41) is 3.47. The molecule has 0 saturated carbocycles. The highest BCUT2D eigenvalue weighted by Crippen LogP contribution is 2.21. The van der Waals surface area contributed by atoms with Gasteiger partial charge in [-0.25, -0.2) is 0 Å². The topological polar surface area (TPSA) is 24.5 Å². The van der Waals surface area contributed by atoms with Gasteiger partial charge in [-0.2, -0.15) is 0 Å². The zero-order valence-corrected chi connectivity index (χ0v) is 10.6. The second-order valence-corrected chi connectivity index (χ2v) is 4.40. The molecule has 1 aliphatic rings. The van der Waals surface area contributed by atoms with Crippen molar-refractivity contribution >= 4 is 5.69 Å². The summed E-state index contributed by atoms with van der Waals surface area (Å²) in [5.41, 5.74) is 2.75. The van der Waals surface area contributed by atoms with Crippen LogP contribution in [0.2, 0.25) is 0 Å². The van der Waals surface area contributed by atoms with Gasteiger partial charge in [0.15, 0.2) is 0 Å². The molecule has 0 unspecified atom stereocenters. The zero-order chi connectivity index (χ0) is 11.9. The molecule has 1 fully saturated rings. The normalized spacial score (nSPS) is 16.2. The standard InChI is InChI=1S/C14H22N2O/c1-2-7-15-12-13-5-3-4-6-14(13)16-8-10-17-11-9-16/h3-6,15H,2,7-12H2,1H3. The van der Waals surface area contributed by atoms with Crippen molar-refractivity contribution in [1.82, 2.24) is 5.32 Å². The average molecular weight is 234 g/mol. The lowest BCUT2D eigenvalue weighted by Gasteiger charge is -2.30. The van der Waals surface area contributed by atoms with Crippen molar-refractivity contribution in [1.29, 1.82) is 0 Å². The predicted molar refractivity (Wildman–Crippen MR) is 71.5 cm³/mol. The fourth-order valence-electron chi connectivity index (χ4n) is 2.17. The van der Waals surface area contributed by atoms with Gasteiger partial charge in [0.25, 0.3) is 0 Å². The second-order valence-electron chi connectivity index (χ2n) is 4.40. The Bertz CT molecular complexity index is 335. The maximum absolute atomic E-state index is 5.40. The van der Waals surface area contributed by atoms with Crippen LogP contribution in [0.25, 0.3) is 0 Å². The maximum Gasteiger partial charge on any atom is 0.0642 e. The molecule has 0 amide bonds. The van der Waals surface area contributed by atoms with Crippen LogP contribution in [0.3, 0.4) is 0 Å². The van der Waals surface area contributed by atoms with Crippen LogP contribution in [0.4, 0.5) is 5.69 Å². The Morgan fingerprint density at radius 1 is 1.24 bits per heavy atom. The molecular weight excluding hydrogens is 212 g/mol. The van der Waals surface area contributed by atoms with Gasteiger partial charge in [-0.3, -0.25) is 0 Å². The van der Waals surface area contributed by atoms with Gasteiger partial charge >= 0.3 is 0 Å². The Hall–Kier alpha value is -1.06. The van der Waals surface area contributed by atoms with Crippen LogP contribution < -0.4 is 10.2 Å². The van der Waals surface area contributed by atoms with E-state index in [0.29, 0.717) is 0 Å². The number of ether oxygens (including phenoxy) is 1. The van der Waals surface area contributed by atoms with Gasteiger partial charge in [0.1, 0.15) is 0 Å². The third kappa shape index (κ3) is 3.45. The number of morpholine rings is 1. The van der Waals surface area contributed by atoms with Crippen molar-refractivity contribution in [3.8, 4) is 0 Å². The Morgan fingerprint density at radius 2 is 2.00 bits per heavy atom. The number of anilines is 1. The van der Waals surface area contributed by atoms with Crippen molar-refractivity contribution in [3.63, 3.8) is 0 Å². The van der Waals surface area contributed by atoms with Gasteiger partial charge in [0.05, 0.1) is 13.2 Å². The molecule has 0 atom stereocenters. The minimum absolute atomic E-state index is 0.844. The van der Waals surface area contributed by atoms with E-state index in [4.69, 9.17) is 4.74 Å². The van der Waals surface area contributed by atoms with Crippen LogP contribution in [0, 0.1) is 0 Å². The minimum Gasteiger partial charge on any atom is -0.378 e. The SMILES string of the molecule is CCCNCc1ccccc1N1CCOCC1. The van der Waals surface area contributed by atoms with Crippen molar-refractivity contribution in [2.75, 3.05) is 37.7 Å². The molecule has 0 aromatic heterocycles. The number of hydrogen-bond acceptors (Lipinski definition) is 3. The van der Waals surface area contributed by atoms with Crippen LogP contribution in [0.1, 0.15) is 18.9 Å². The van der Waals surface area contributed by atoms with E-state index >= 15 is 0 Å². The van der Waals surface area contributed by atoms with Crippen LogP contribution in [-0.2, 0) is 11.3 Å². The van der Waals surface area contributed by atoms with E-state index in [0.717, 1.165) is 39.4 Å². The molecule has 1 N–H and O–H groups in total. The number of nitrogens with one attached hydrogen (secondary N) is 1. The van der Waals surface area contributed by atoms with Crippen molar-refractivity contribution in [2.45, 2.75) is 19.9 Å². The first-order valence-corrected chi connectivity index (χ1v) is 6.53. The summed E-state index contributed by atoms with van der Waals surface area (Å²) in [7, 11) is 0. The smallest absolute Gasteiger partial charge is 0.0642 e. The molecule has 1 aromatic carbocycles. The Morgan fingerprint density at radius 3 is 2.76 bits per heavy atom. The largest absolute Gasteiger partial charge is 0.378 e. The van der Waals surface area contributed by atoms with E-state index in [1.165, 1.54) is 17.7 Å². The number of benzene rings is 1. The molecule has 17 heavy (non-hydrogen) atoms. The Kier molecular flexibility index (Phi) is 4.83. The summed E-state index contributed by atoms with van der Waals surface area (Å²) in [5.74, 6) is 0. The minimum atomic E-state index is 0.844. The Balaban J connectivity index is 2.03. The molecule has 0 bridgehead atoms. The van der Waals surface area contributed by atoms with E-state index in [9.17, 15) is 0 Å². The second kappa shape index (κ2) is 6.62. The first-order valence-electron chi connectivity index (χ1n) is 6.53. The Labute approximate surface area is 104 Å². The monoisotopic (exact) mass is 234 g/mol. The molecule has 1 aromatic rings. The van der Waals surface area contributed by atoms with E-state index in [-0.39, 0.29) is 0 Å². The highest BCUT2D eigenvalue weighted by atomic mass is 16.5. The average Bonchev–Trinajstić information content (AvgIpc) is 2.41. The van der Waals surface area contributed by atoms with Crippen LogP contribution in [0.5, 0.6) is 0 Å². The highest BCUT2D eigenvalue weighted by Gasteiger charge is 2.13. The molecule has 3 heteroatoms. The van der Waals surface area contributed by atoms with E-state index in [1.54, 1.807) is 0 Å². The van der Waals surface area contributed by atoms with Gasteiger partial charge in [0, 0.05) is 25.3 Å². The summed E-state index contributed by atoms with van der Waals surface area (Å²) >= 11 is 0. The maximum atomic E-state index is 5.40. The van der Waals surface area contributed by atoms with Crippen LogP contribution in [0.15, 0.2) is 24.3 Å². The lowest BCUT2D eigenvalue weighted by Crippen LogP contribution is -2.37. The third-order valence-corrected chi connectivity index (χ3v) is 3.09. The molecule has 0 spiro atoms. The number of nitrogens with zero attached hydrogens (tertiary/aromatic N) is 1. The van der Waals surface area contributed by atoms with Crippen molar-refractivity contribution < 1.29 is 4.74 Å². The first-order chi connectivity index (χ1) is 8.42. The highest BCUT2D eigenvalue weighted by molar-refractivity contribution is 5.53. The van der Waals surface area contributed by atoms with Gasteiger partial charge in [0.2, 0.25) is 0 Å². The van der Waals surface area contributed by atoms with Gasteiger partial charge in [-0.15, -0.1) is 0 Å². The lowest BCUT2D eigenvalue weighted by atomic mass is 10.1. The van der Waals surface area contributed by atoms with Crippen LogP contribution >= 0.6 is 0 Å². The lowest BCUT2D eigenvalue weighted by molar-refractivity contribution is 0.122. The molecule has 2 rings (SSSR count). The van der Waals surface area contributed by atoms with Gasteiger partial charge < -0.3 is 15.0 Å². The molecule has 1 heterocycles. The van der Waals surface area contributed by atoms with Crippen LogP contribution in [-0.4, -0.2) is 32.8 Å². The summed E-state index contributed by atoms with van der Waals surface area (Å²) in [4.78, 5) is 2.42. The fourth-order valence-corrected chi connectivity index (χ4v) is 2.17. The summed E-state index contributed by atoms with van der Waals surface area (Å²) < 4.78 is 5.40. The van der Waals surface area contributed by atoms with Gasteiger partial charge in [-0.1, -0.05) is 25.1 Å². The molecule has 1 saturated heterocycles. The van der Waals surface area contributed by atoms with Crippen molar-refractivity contribution in [2.24, 2.45) is 0 Å². The summed E-state index contributed by atoms with van der Waals surface area (Å²) in [6.45, 7) is 7.93. The fraction of sp³-hybridized carbons (Fsp3) is 0.571. The third-order valence-electron chi connectivity index (χ3n) is 3.09. The molecule has 1 aliphatic heterocycles. The molecule has 94 valence electrons. The molecule has 3 nitrogen and oxygen atoms in total. The summed E-state index contributed by atoms with van der Waals surface area (Å²) in [6, 6.07) is 8.67. The quantitative estimate of drug-likeness (QED) is 0.789. The molecular formula is C14H22N2O. The molecule has 0 radical (unpaired) electrons. The number of para-hydroxylation sites is 1. The predicted octanol–water partition coefficient (Wildman–Crippen LogP) is 2.02. The molecule has 0 aliphatic carbocycles. The number of hydrogen-bond donors (Lipinski definition) is 1. The van der Waals surface area contributed by atoms with Gasteiger partial charge in [-0.05, 0) is 24.6 Å². The number of rotatable bonds is 5. The van der Waals surface area contributed by atoms with E-state index in [1.807, 2.05) is 0 Å². The summed E-state index contributed by atoms with van der Waals surface area (Å²) in [6.07, 6.45) is 1.18. The zero-order valence-electron chi connectivity index (χ0n) is 10.6. The van der Waals surface area contributed by atoms with E-state index < -0.39 is 0 Å².